The molecule has 0 aliphatic heterocycles. The van der Waals surface area contributed by atoms with Gasteiger partial charge in [0.15, 0.2) is 23.0 Å². The Morgan fingerprint density at radius 1 is 0.806 bits per heavy atom. The molecule has 3 aromatic rings. The molecule has 1 heterocycles. The van der Waals surface area contributed by atoms with Crippen molar-refractivity contribution in [2.75, 3.05) is 35.5 Å². The first-order valence-corrected chi connectivity index (χ1v) is 10.1. The van der Waals surface area contributed by atoms with Crippen LogP contribution in [0.3, 0.4) is 0 Å². The minimum absolute atomic E-state index is 0.0140. The van der Waals surface area contributed by atoms with Gasteiger partial charge >= 0.3 is 5.97 Å². The summed E-state index contributed by atoms with van der Waals surface area (Å²) in [6.07, 6.45) is 0. The molecule has 0 radical (unpaired) electrons. The van der Waals surface area contributed by atoms with Gasteiger partial charge in [0.25, 0.3) is 0 Å². The van der Waals surface area contributed by atoms with E-state index in [1.165, 1.54) is 38.7 Å². The Morgan fingerprint density at radius 2 is 1.42 bits per heavy atom. The number of nitrogens with zero attached hydrogens (tertiary/aromatic N) is 1. The predicted molar refractivity (Wildman–Crippen MR) is 116 cm³/mol. The summed E-state index contributed by atoms with van der Waals surface area (Å²) >= 11 is 1.44. The van der Waals surface area contributed by atoms with E-state index in [0.717, 1.165) is 10.6 Å². The number of hydrogen-bond acceptors (Lipinski definition) is 9. The van der Waals surface area contributed by atoms with Crippen molar-refractivity contribution < 1.29 is 33.2 Å². The average Bonchev–Trinajstić information content (AvgIpc) is 3.30. The smallest absolute Gasteiger partial charge is 0.342 e. The second kappa shape index (κ2) is 10.0. The fourth-order valence-corrected chi connectivity index (χ4v) is 3.68. The van der Waals surface area contributed by atoms with Gasteiger partial charge in [0.2, 0.25) is 0 Å². The zero-order chi connectivity index (χ0) is 22.4. The molecule has 8 nitrogen and oxygen atoms in total. The van der Waals surface area contributed by atoms with Gasteiger partial charge in [-0.25, -0.2) is 9.78 Å². The Kier molecular flexibility index (Phi) is 7.19. The number of ether oxygens (including phenoxy) is 6. The highest BCUT2D eigenvalue weighted by Crippen LogP contribution is 2.36. The van der Waals surface area contributed by atoms with E-state index in [9.17, 15) is 4.79 Å². The number of benzene rings is 2. The molecule has 31 heavy (non-hydrogen) atoms. The van der Waals surface area contributed by atoms with Crippen molar-refractivity contribution in [2.24, 2.45) is 0 Å². The summed E-state index contributed by atoms with van der Waals surface area (Å²) in [6, 6.07) is 8.66. The molecule has 0 saturated carbocycles. The summed E-state index contributed by atoms with van der Waals surface area (Å²) in [4.78, 5) is 17.2. The van der Waals surface area contributed by atoms with Crippen LogP contribution in [0.5, 0.6) is 28.7 Å². The van der Waals surface area contributed by atoms with Gasteiger partial charge in [-0.05, 0) is 18.2 Å². The molecule has 3 rings (SSSR count). The van der Waals surface area contributed by atoms with Crippen LogP contribution in [0.25, 0.3) is 10.6 Å². The van der Waals surface area contributed by atoms with E-state index in [2.05, 4.69) is 4.98 Å². The molecule has 2 aromatic carbocycles. The maximum atomic E-state index is 12.6. The lowest BCUT2D eigenvalue weighted by Gasteiger charge is -2.13. The first-order chi connectivity index (χ1) is 15.0. The molecule has 0 N–H and O–H groups in total. The molecule has 0 amide bonds. The Balaban J connectivity index is 1.74. The molecule has 0 aliphatic rings. The van der Waals surface area contributed by atoms with E-state index >= 15 is 0 Å². The van der Waals surface area contributed by atoms with Gasteiger partial charge in [0.1, 0.15) is 22.9 Å². The van der Waals surface area contributed by atoms with E-state index in [0.29, 0.717) is 34.4 Å². The van der Waals surface area contributed by atoms with Crippen LogP contribution in [-0.2, 0) is 11.3 Å². The van der Waals surface area contributed by atoms with Crippen LogP contribution in [0, 0.1) is 0 Å². The van der Waals surface area contributed by atoms with E-state index in [-0.39, 0.29) is 12.2 Å². The number of hydrogen-bond donors (Lipinski definition) is 0. The molecule has 1 aromatic heterocycles. The molecule has 0 spiro atoms. The average molecular weight is 445 g/mol. The van der Waals surface area contributed by atoms with Gasteiger partial charge < -0.3 is 28.4 Å². The fraction of sp³-hybridized carbons (Fsp3) is 0.273. The molecule has 0 atom stereocenters. The highest BCUT2D eigenvalue weighted by molar-refractivity contribution is 7.13. The van der Waals surface area contributed by atoms with E-state index in [4.69, 9.17) is 28.4 Å². The Bertz CT molecular complexity index is 1060. The SMILES string of the molecule is COc1ccc(-c2nc(COC(=O)c3cc(OC)c(OC)cc3OC)cs2)cc1OC. The molecule has 0 bridgehead atoms. The van der Waals surface area contributed by atoms with Gasteiger partial charge in [-0.1, -0.05) is 0 Å². The molecule has 0 saturated heterocycles. The van der Waals surface area contributed by atoms with Crippen molar-refractivity contribution in [1.29, 1.82) is 0 Å². The normalized spacial score (nSPS) is 10.4. The van der Waals surface area contributed by atoms with Crippen LogP contribution in [-0.4, -0.2) is 46.5 Å². The van der Waals surface area contributed by atoms with Crippen LogP contribution in [0.1, 0.15) is 16.1 Å². The van der Waals surface area contributed by atoms with Crippen molar-refractivity contribution in [1.82, 2.24) is 4.98 Å². The molecule has 0 fully saturated rings. The Labute approximate surface area is 184 Å². The van der Waals surface area contributed by atoms with Crippen LogP contribution in [0.15, 0.2) is 35.7 Å². The fourth-order valence-electron chi connectivity index (χ4n) is 2.88. The van der Waals surface area contributed by atoms with Crippen LogP contribution in [0.4, 0.5) is 0 Å². The highest BCUT2D eigenvalue weighted by atomic mass is 32.1. The quantitative estimate of drug-likeness (QED) is 0.453. The molecule has 164 valence electrons. The van der Waals surface area contributed by atoms with Crippen molar-refractivity contribution in [2.45, 2.75) is 6.61 Å². The van der Waals surface area contributed by atoms with Gasteiger partial charge in [-0.15, -0.1) is 11.3 Å². The predicted octanol–water partition coefficient (Wildman–Crippen LogP) is 4.21. The summed E-state index contributed by atoms with van der Waals surface area (Å²) in [7, 11) is 7.63. The number of esters is 1. The summed E-state index contributed by atoms with van der Waals surface area (Å²) in [5, 5.41) is 2.61. The number of methoxy groups -OCH3 is 5. The second-order valence-electron chi connectivity index (χ2n) is 6.20. The number of thiazole rings is 1. The Hall–Kier alpha value is -3.46. The largest absolute Gasteiger partial charge is 0.496 e. The van der Waals surface area contributed by atoms with Crippen LogP contribution in [0.2, 0.25) is 0 Å². The number of rotatable bonds is 9. The third-order valence-corrected chi connectivity index (χ3v) is 5.40. The first kappa shape index (κ1) is 22.2. The number of carbonyl (C=O) groups is 1. The van der Waals surface area contributed by atoms with Gasteiger partial charge in [-0.3, -0.25) is 0 Å². The van der Waals surface area contributed by atoms with Crippen LogP contribution < -0.4 is 23.7 Å². The lowest BCUT2D eigenvalue weighted by molar-refractivity contribution is 0.0464. The van der Waals surface area contributed by atoms with Crippen molar-refractivity contribution in [3.8, 4) is 39.3 Å². The Morgan fingerprint density at radius 3 is 2.06 bits per heavy atom. The topological polar surface area (TPSA) is 85.3 Å². The van der Waals surface area contributed by atoms with Crippen LogP contribution >= 0.6 is 11.3 Å². The van der Waals surface area contributed by atoms with Gasteiger partial charge in [0, 0.05) is 23.1 Å². The van der Waals surface area contributed by atoms with E-state index in [1.807, 2.05) is 23.6 Å². The van der Waals surface area contributed by atoms with Crippen molar-refractivity contribution in [3.05, 3.63) is 47.0 Å². The molecule has 9 heteroatoms. The maximum absolute atomic E-state index is 12.6. The van der Waals surface area contributed by atoms with Gasteiger partial charge in [0.05, 0.1) is 41.2 Å². The monoisotopic (exact) mass is 445 g/mol. The summed E-state index contributed by atoms with van der Waals surface area (Å²) in [6.45, 7) is 0.0140. The number of aromatic nitrogens is 1. The molecule has 0 unspecified atom stereocenters. The lowest BCUT2D eigenvalue weighted by Crippen LogP contribution is -2.08. The highest BCUT2D eigenvalue weighted by Gasteiger charge is 2.19. The third-order valence-electron chi connectivity index (χ3n) is 4.46. The summed E-state index contributed by atoms with van der Waals surface area (Å²) in [5.41, 5.74) is 1.74. The van der Waals surface area contributed by atoms with Crippen molar-refractivity contribution in [3.63, 3.8) is 0 Å². The zero-order valence-electron chi connectivity index (χ0n) is 17.9. The van der Waals surface area contributed by atoms with Gasteiger partial charge in [-0.2, -0.15) is 0 Å². The first-order valence-electron chi connectivity index (χ1n) is 9.18. The molecular weight excluding hydrogens is 422 g/mol. The number of carbonyl (C=O) groups excluding carboxylic acids is 1. The zero-order valence-corrected chi connectivity index (χ0v) is 18.7. The summed E-state index contributed by atoms with van der Waals surface area (Å²) < 4.78 is 31.8. The molecular formula is C22H23NO7S. The minimum atomic E-state index is -0.557. The van der Waals surface area contributed by atoms with E-state index < -0.39 is 5.97 Å². The molecule has 0 aliphatic carbocycles. The maximum Gasteiger partial charge on any atom is 0.342 e. The second-order valence-corrected chi connectivity index (χ2v) is 7.06. The lowest BCUT2D eigenvalue weighted by atomic mass is 10.1. The van der Waals surface area contributed by atoms with E-state index in [1.54, 1.807) is 20.3 Å². The minimum Gasteiger partial charge on any atom is -0.496 e. The van der Waals surface area contributed by atoms with Crippen molar-refractivity contribution >= 4 is 17.3 Å². The standard InChI is InChI=1S/C22H23NO7S/c1-25-16-7-6-13(8-18(16)27-3)21-23-14(12-31-21)11-30-22(24)15-9-19(28-4)20(29-5)10-17(15)26-2/h6-10,12H,11H2,1-5H3. The third kappa shape index (κ3) is 4.83. The summed E-state index contributed by atoms with van der Waals surface area (Å²) in [5.74, 6) is 1.88.